The van der Waals surface area contributed by atoms with Gasteiger partial charge in [0.2, 0.25) is 5.91 Å². The molecule has 0 aromatic heterocycles. The number of amides is 2. The number of hydrogen-bond donors (Lipinski definition) is 3. The lowest BCUT2D eigenvalue weighted by Gasteiger charge is -2.13. The third kappa shape index (κ3) is 6.66. The quantitative estimate of drug-likeness (QED) is 0.623. The van der Waals surface area contributed by atoms with Gasteiger partial charge in [-0.25, -0.2) is 0 Å². The molecule has 2 rings (SSSR count). The number of benzene rings is 2. The summed E-state index contributed by atoms with van der Waals surface area (Å²) in [6.45, 7) is 4.05. The third-order valence-electron chi connectivity index (χ3n) is 4.11. The number of thiocarbonyl (C=S) groups is 1. The molecule has 0 bridgehead atoms. The maximum absolute atomic E-state index is 12.3. The van der Waals surface area contributed by atoms with Gasteiger partial charge < -0.3 is 15.4 Å². The number of likely N-dealkylation sites (N-methyl/N-ethyl adjacent to an activating group) is 1. The molecule has 28 heavy (non-hydrogen) atoms. The van der Waals surface area contributed by atoms with Crippen LogP contribution >= 0.6 is 12.2 Å². The second kappa shape index (κ2) is 10.4. The molecular formula is C21H25N3O3S. The molecule has 0 radical (unpaired) electrons. The minimum atomic E-state index is -0.302. The lowest BCUT2D eigenvalue weighted by atomic mass is 10.1. The smallest absolute Gasteiger partial charge is 0.257 e. The maximum Gasteiger partial charge on any atom is 0.257 e. The first kappa shape index (κ1) is 21.4. The fourth-order valence-corrected chi connectivity index (χ4v) is 2.53. The molecule has 0 aliphatic heterocycles. The van der Waals surface area contributed by atoms with E-state index >= 15 is 0 Å². The number of rotatable bonds is 7. The van der Waals surface area contributed by atoms with Crippen LogP contribution in [0.3, 0.4) is 0 Å². The van der Waals surface area contributed by atoms with Crippen molar-refractivity contribution in [3.63, 3.8) is 0 Å². The first-order valence-corrected chi connectivity index (χ1v) is 9.50. The highest BCUT2D eigenvalue weighted by Gasteiger charge is 2.09. The van der Waals surface area contributed by atoms with Crippen LogP contribution < -0.4 is 20.7 Å². The van der Waals surface area contributed by atoms with Crippen LogP contribution in [0.5, 0.6) is 5.75 Å². The average molecular weight is 400 g/mol. The van der Waals surface area contributed by atoms with Gasteiger partial charge >= 0.3 is 0 Å². The molecule has 2 aromatic carbocycles. The Hall–Kier alpha value is -2.93. The van der Waals surface area contributed by atoms with Crippen LogP contribution in [0.15, 0.2) is 48.5 Å². The van der Waals surface area contributed by atoms with E-state index in [0.29, 0.717) is 12.0 Å². The maximum atomic E-state index is 12.3. The molecular weight excluding hydrogens is 374 g/mol. The van der Waals surface area contributed by atoms with E-state index in [2.05, 4.69) is 22.9 Å². The second-order valence-electron chi connectivity index (χ2n) is 6.32. The van der Waals surface area contributed by atoms with Gasteiger partial charge in [0.25, 0.3) is 5.91 Å². The molecule has 0 fully saturated rings. The molecule has 0 saturated heterocycles. The Morgan fingerprint density at radius 1 is 1.07 bits per heavy atom. The second-order valence-corrected chi connectivity index (χ2v) is 6.72. The van der Waals surface area contributed by atoms with Crippen LogP contribution in [0, 0.1) is 0 Å². The highest BCUT2D eigenvalue weighted by Crippen LogP contribution is 2.15. The van der Waals surface area contributed by atoms with Crippen LogP contribution in [0.1, 0.15) is 36.2 Å². The summed E-state index contributed by atoms with van der Waals surface area (Å²) in [4.78, 5) is 23.7. The van der Waals surface area contributed by atoms with Crippen molar-refractivity contribution in [1.29, 1.82) is 0 Å². The SMILES string of the molecule is CCC(C)Oc1ccc(C(=O)NC(=S)Nc2ccc(CC(=O)NC)cc2)cc1. The Kier molecular flexibility index (Phi) is 7.95. The summed E-state index contributed by atoms with van der Waals surface area (Å²) >= 11 is 5.20. The largest absolute Gasteiger partial charge is 0.491 e. The van der Waals surface area contributed by atoms with Crippen molar-refractivity contribution in [2.24, 2.45) is 0 Å². The molecule has 0 aliphatic rings. The van der Waals surface area contributed by atoms with Gasteiger partial charge in [0.1, 0.15) is 5.75 Å². The highest BCUT2D eigenvalue weighted by atomic mass is 32.1. The molecule has 1 unspecified atom stereocenters. The summed E-state index contributed by atoms with van der Waals surface area (Å²) in [6, 6.07) is 14.2. The predicted molar refractivity (Wildman–Crippen MR) is 115 cm³/mol. The van der Waals surface area contributed by atoms with Crippen molar-refractivity contribution < 1.29 is 14.3 Å². The molecule has 7 heteroatoms. The Labute approximate surface area is 170 Å². The number of hydrogen-bond acceptors (Lipinski definition) is 4. The normalized spacial score (nSPS) is 11.2. The summed E-state index contributed by atoms with van der Waals surface area (Å²) in [5.41, 5.74) is 2.10. The van der Waals surface area contributed by atoms with Crippen LogP contribution in [0.4, 0.5) is 5.69 Å². The van der Waals surface area contributed by atoms with E-state index in [1.54, 1.807) is 43.4 Å². The summed E-state index contributed by atoms with van der Waals surface area (Å²) in [7, 11) is 1.60. The molecule has 0 heterocycles. The summed E-state index contributed by atoms with van der Waals surface area (Å²) < 4.78 is 5.70. The van der Waals surface area contributed by atoms with Crippen molar-refractivity contribution in [2.45, 2.75) is 32.8 Å². The van der Waals surface area contributed by atoms with Crippen molar-refractivity contribution >= 4 is 34.8 Å². The topological polar surface area (TPSA) is 79.5 Å². The average Bonchev–Trinajstić information content (AvgIpc) is 2.69. The summed E-state index contributed by atoms with van der Waals surface area (Å²) in [5, 5.41) is 8.39. The minimum Gasteiger partial charge on any atom is -0.491 e. The first-order chi connectivity index (χ1) is 13.4. The van der Waals surface area contributed by atoms with Crippen LogP contribution in [-0.2, 0) is 11.2 Å². The van der Waals surface area contributed by atoms with Gasteiger partial charge in [-0.15, -0.1) is 0 Å². The monoisotopic (exact) mass is 399 g/mol. The van der Waals surface area contributed by atoms with Gasteiger partial charge in [0.05, 0.1) is 12.5 Å². The standard InChI is InChI=1S/C21H25N3O3S/c1-4-14(2)27-18-11-7-16(8-12-18)20(26)24-21(28)23-17-9-5-15(6-10-17)13-19(25)22-3/h5-12,14H,4,13H2,1-3H3,(H,22,25)(H2,23,24,26,28). The molecule has 148 valence electrons. The zero-order valence-electron chi connectivity index (χ0n) is 16.2. The molecule has 6 nitrogen and oxygen atoms in total. The number of nitrogens with one attached hydrogen (secondary N) is 3. The van der Waals surface area contributed by atoms with E-state index in [9.17, 15) is 9.59 Å². The van der Waals surface area contributed by atoms with Gasteiger partial charge in [-0.1, -0.05) is 19.1 Å². The third-order valence-corrected chi connectivity index (χ3v) is 4.32. The van der Waals surface area contributed by atoms with Crippen LogP contribution in [0.25, 0.3) is 0 Å². The first-order valence-electron chi connectivity index (χ1n) is 9.09. The van der Waals surface area contributed by atoms with Crippen molar-refractivity contribution in [3.05, 3.63) is 59.7 Å². The number of carbonyl (C=O) groups is 2. The molecule has 0 saturated carbocycles. The van der Waals surface area contributed by atoms with E-state index in [-0.39, 0.29) is 23.0 Å². The van der Waals surface area contributed by atoms with Gasteiger partial charge in [-0.05, 0) is 67.5 Å². The van der Waals surface area contributed by atoms with Gasteiger partial charge in [-0.3, -0.25) is 14.9 Å². The Morgan fingerprint density at radius 3 is 2.29 bits per heavy atom. The Bertz CT molecular complexity index is 820. The van der Waals surface area contributed by atoms with Gasteiger partial charge in [0.15, 0.2) is 5.11 Å². The minimum absolute atomic E-state index is 0.0518. The van der Waals surface area contributed by atoms with Crippen LogP contribution in [0.2, 0.25) is 0 Å². The zero-order chi connectivity index (χ0) is 20.5. The fourth-order valence-electron chi connectivity index (χ4n) is 2.32. The number of anilines is 1. The van der Waals surface area contributed by atoms with Crippen molar-refractivity contribution in [2.75, 3.05) is 12.4 Å². The van der Waals surface area contributed by atoms with E-state index in [4.69, 9.17) is 17.0 Å². The van der Waals surface area contributed by atoms with E-state index in [0.717, 1.165) is 23.4 Å². The van der Waals surface area contributed by atoms with Crippen molar-refractivity contribution in [1.82, 2.24) is 10.6 Å². The van der Waals surface area contributed by atoms with Crippen LogP contribution in [-0.4, -0.2) is 30.1 Å². The molecule has 2 amide bonds. The van der Waals surface area contributed by atoms with Gasteiger partial charge in [-0.2, -0.15) is 0 Å². The number of ether oxygens (including phenoxy) is 1. The van der Waals surface area contributed by atoms with E-state index in [1.807, 2.05) is 19.1 Å². The van der Waals surface area contributed by atoms with E-state index in [1.165, 1.54) is 0 Å². The van der Waals surface area contributed by atoms with Crippen molar-refractivity contribution in [3.8, 4) is 5.75 Å². The molecule has 1 atom stereocenters. The van der Waals surface area contributed by atoms with E-state index < -0.39 is 0 Å². The molecule has 2 aromatic rings. The molecule has 0 spiro atoms. The lowest BCUT2D eigenvalue weighted by Crippen LogP contribution is -2.34. The lowest BCUT2D eigenvalue weighted by molar-refractivity contribution is -0.119. The fraction of sp³-hybridized carbons (Fsp3) is 0.286. The summed E-state index contributed by atoms with van der Waals surface area (Å²) in [6.07, 6.45) is 1.35. The Morgan fingerprint density at radius 2 is 1.71 bits per heavy atom. The number of carbonyl (C=O) groups excluding carboxylic acids is 2. The predicted octanol–water partition coefficient (Wildman–Crippen LogP) is 3.28. The van der Waals surface area contributed by atoms with Gasteiger partial charge in [0, 0.05) is 18.3 Å². The molecule has 3 N–H and O–H groups in total. The summed E-state index contributed by atoms with van der Waals surface area (Å²) in [5.74, 6) is 0.372. The Balaban J connectivity index is 1.88. The highest BCUT2D eigenvalue weighted by molar-refractivity contribution is 7.80. The zero-order valence-corrected chi connectivity index (χ0v) is 17.1. The molecule has 0 aliphatic carbocycles.